The maximum atomic E-state index is 5.83. The van der Waals surface area contributed by atoms with Crippen LogP contribution < -0.4 is 5.32 Å². The van der Waals surface area contributed by atoms with Gasteiger partial charge in [-0.25, -0.2) is 0 Å². The van der Waals surface area contributed by atoms with Crippen molar-refractivity contribution in [2.75, 3.05) is 0 Å². The highest BCUT2D eigenvalue weighted by molar-refractivity contribution is 6.30. The van der Waals surface area contributed by atoms with Crippen molar-refractivity contribution < 1.29 is 4.42 Å². The minimum Gasteiger partial charge on any atom is -0.419 e. The third kappa shape index (κ3) is 3.55. The third-order valence-electron chi connectivity index (χ3n) is 2.33. The third-order valence-corrected chi connectivity index (χ3v) is 2.58. The molecule has 0 unspecified atom stereocenters. The van der Waals surface area contributed by atoms with Gasteiger partial charge in [0.05, 0.1) is 6.54 Å². The highest BCUT2D eigenvalue weighted by Crippen LogP contribution is 2.20. The smallest absolute Gasteiger partial charge is 0.247 e. The Morgan fingerprint density at radius 3 is 2.44 bits per heavy atom. The Morgan fingerprint density at radius 2 is 1.83 bits per heavy atom. The molecule has 0 saturated heterocycles. The van der Waals surface area contributed by atoms with E-state index in [1.807, 2.05) is 12.1 Å². The van der Waals surface area contributed by atoms with Gasteiger partial charge in [-0.05, 0) is 45.0 Å². The largest absolute Gasteiger partial charge is 0.419 e. The zero-order chi connectivity index (χ0) is 13.2. The molecule has 5 heteroatoms. The molecule has 1 N–H and O–H groups in total. The van der Waals surface area contributed by atoms with Gasteiger partial charge in [-0.15, -0.1) is 10.2 Å². The van der Waals surface area contributed by atoms with Gasteiger partial charge in [0.1, 0.15) is 0 Å². The van der Waals surface area contributed by atoms with Crippen LogP contribution in [0.1, 0.15) is 26.7 Å². The summed E-state index contributed by atoms with van der Waals surface area (Å²) in [5.74, 6) is 1.09. The first kappa shape index (κ1) is 13.1. The Kier molecular flexibility index (Phi) is 3.68. The van der Waals surface area contributed by atoms with E-state index in [1.54, 1.807) is 12.1 Å². The summed E-state index contributed by atoms with van der Waals surface area (Å²) >= 11 is 5.83. The molecule has 0 aliphatic heterocycles. The van der Waals surface area contributed by atoms with Crippen LogP contribution in [0.25, 0.3) is 11.5 Å². The lowest BCUT2D eigenvalue weighted by atomic mass is 10.1. The molecular weight excluding hydrogens is 250 g/mol. The Labute approximate surface area is 111 Å². The summed E-state index contributed by atoms with van der Waals surface area (Å²) in [6, 6.07) is 7.32. The molecule has 96 valence electrons. The molecule has 0 spiro atoms. The van der Waals surface area contributed by atoms with E-state index in [4.69, 9.17) is 16.0 Å². The molecular formula is C13H16ClN3O. The van der Waals surface area contributed by atoms with Crippen molar-refractivity contribution >= 4 is 11.6 Å². The topological polar surface area (TPSA) is 51.0 Å². The van der Waals surface area contributed by atoms with Crippen molar-refractivity contribution in [2.45, 2.75) is 32.9 Å². The van der Waals surface area contributed by atoms with Crippen LogP contribution in [0, 0.1) is 0 Å². The second kappa shape index (κ2) is 5.08. The van der Waals surface area contributed by atoms with E-state index in [-0.39, 0.29) is 5.54 Å². The number of nitrogens with one attached hydrogen (secondary N) is 1. The molecule has 0 aliphatic carbocycles. The summed E-state index contributed by atoms with van der Waals surface area (Å²) in [4.78, 5) is 0. The summed E-state index contributed by atoms with van der Waals surface area (Å²) in [5, 5.41) is 12.0. The summed E-state index contributed by atoms with van der Waals surface area (Å²) in [6.07, 6.45) is 0. The van der Waals surface area contributed by atoms with Gasteiger partial charge in [0.15, 0.2) is 0 Å². The fourth-order valence-corrected chi connectivity index (χ4v) is 1.50. The Morgan fingerprint density at radius 1 is 1.17 bits per heavy atom. The van der Waals surface area contributed by atoms with Gasteiger partial charge in [0.25, 0.3) is 0 Å². The van der Waals surface area contributed by atoms with Crippen LogP contribution in [0.5, 0.6) is 0 Å². The van der Waals surface area contributed by atoms with Gasteiger partial charge in [-0.2, -0.15) is 0 Å². The second-order valence-electron chi connectivity index (χ2n) is 5.11. The molecule has 0 fully saturated rings. The number of hydrogen-bond acceptors (Lipinski definition) is 4. The van der Waals surface area contributed by atoms with Crippen molar-refractivity contribution in [3.8, 4) is 11.5 Å². The molecule has 0 bridgehead atoms. The lowest BCUT2D eigenvalue weighted by Gasteiger charge is -2.18. The Bertz CT molecular complexity index is 514. The van der Waals surface area contributed by atoms with Gasteiger partial charge in [0.2, 0.25) is 11.8 Å². The highest BCUT2D eigenvalue weighted by atomic mass is 35.5. The number of benzene rings is 1. The molecule has 0 radical (unpaired) electrons. The first-order valence-corrected chi connectivity index (χ1v) is 6.15. The SMILES string of the molecule is CC(C)(C)NCc1nnc(-c2ccc(Cl)cc2)o1. The van der Waals surface area contributed by atoms with Crippen molar-refractivity contribution in [3.05, 3.63) is 35.2 Å². The van der Waals surface area contributed by atoms with E-state index < -0.39 is 0 Å². The van der Waals surface area contributed by atoms with Gasteiger partial charge in [-0.1, -0.05) is 11.6 Å². The van der Waals surface area contributed by atoms with Gasteiger partial charge in [0, 0.05) is 16.1 Å². The number of rotatable bonds is 3. The first-order chi connectivity index (χ1) is 8.44. The van der Waals surface area contributed by atoms with Crippen LogP contribution >= 0.6 is 11.6 Å². The van der Waals surface area contributed by atoms with Crippen molar-refractivity contribution in [3.63, 3.8) is 0 Å². The lowest BCUT2D eigenvalue weighted by molar-refractivity contribution is 0.383. The van der Waals surface area contributed by atoms with E-state index in [1.165, 1.54) is 0 Å². The maximum absolute atomic E-state index is 5.83. The Hall–Kier alpha value is -1.39. The van der Waals surface area contributed by atoms with Crippen LogP contribution in [-0.2, 0) is 6.54 Å². The normalized spacial score (nSPS) is 11.8. The molecule has 18 heavy (non-hydrogen) atoms. The standard InChI is InChI=1S/C13H16ClN3O/c1-13(2,3)15-8-11-16-17-12(18-11)9-4-6-10(14)7-5-9/h4-7,15H,8H2,1-3H3. The first-order valence-electron chi connectivity index (χ1n) is 5.77. The molecule has 0 atom stereocenters. The van der Waals surface area contributed by atoms with E-state index in [9.17, 15) is 0 Å². The molecule has 2 aromatic rings. The zero-order valence-electron chi connectivity index (χ0n) is 10.7. The quantitative estimate of drug-likeness (QED) is 0.925. The van der Waals surface area contributed by atoms with E-state index >= 15 is 0 Å². The molecule has 2 rings (SSSR count). The zero-order valence-corrected chi connectivity index (χ0v) is 11.5. The van der Waals surface area contributed by atoms with Crippen molar-refractivity contribution in [1.29, 1.82) is 0 Å². The molecule has 1 heterocycles. The van der Waals surface area contributed by atoms with Crippen LogP contribution in [0.15, 0.2) is 28.7 Å². The molecule has 1 aromatic heterocycles. The number of aromatic nitrogens is 2. The average molecular weight is 266 g/mol. The fourth-order valence-electron chi connectivity index (χ4n) is 1.37. The predicted molar refractivity (Wildman–Crippen MR) is 71.3 cm³/mol. The summed E-state index contributed by atoms with van der Waals surface area (Å²) in [6.45, 7) is 6.82. The number of halogens is 1. The van der Waals surface area contributed by atoms with E-state index in [0.717, 1.165) is 5.56 Å². The van der Waals surface area contributed by atoms with Gasteiger partial charge >= 0.3 is 0 Å². The number of hydrogen-bond donors (Lipinski definition) is 1. The van der Waals surface area contributed by atoms with Crippen LogP contribution in [-0.4, -0.2) is 15.7 Å². The molecule has 1 aromatic carbocycles. The Balaban J connectivity index is 2.08. The van der Waals surface area contributed by atoms with Gasteiger partial charge < -0.3 is 9.73 Å². The van der Waals surface area contributed by atoms with Crippen LogP contribution in [0.2, 0.25) is 5.02 Å². The lowest BCUT2D eigenvalue weighted by Crippen LogP contribution is -2.35. The monoisotopic (exact) mass is 265 g/mol. The minimum absolute atomic E-state index is 0.0227. The van der Waals surface area contributed by atoms with Crippen molar-refractivity contribution in [2.24, 2.45) is 0 Å². The minimum atomic E-state index is 0.0227. The average Bonchev–Trinajstić information content (AvgIpc) is 2.75. The molecule has 0 amide bonds. The molecule has 4 nitrogen and oxygen atoms in total. The van der Waals surface area contributed by atoms with E-state index in [2.05, 4.69) is 36.3 Å². The maximum Gasteiger partial charge on any atom is 0.247 e. The van der Waals surface area contributed by atoms with Crippen molar-refractivity contribution in [1.82, 2.24) is 15.5 Å². The van der Waals surface area contributed by atoms with E-state index in [0.29, 0.717) is 23.3 Å². The summed E-state index contributed by atoms with van der Waals surface area (Å²) in [7, 11) is 0. The summed E-state index contributed by atoms with van der Waals surface area (Å²) in [5.41, 5.74) is 0.892. The molecule has 0 saturated carbocycles. The van der Waals surface area contributed by atoms with Gasteiger partial charge in [-0.3, -0.25) is 0 Å². The second-order valence-corrected chi connectivity index (χ2v) is 5.55. The fraction of sp³-hybridized carbons (Fsp3) is 0.385. The number of nitrogens with zero attached hydrogens (tertiary/aromatic N) is 2. The van der Waals surface area contributed by atoms with Crippen LogP contribution in [0.4, 0.5) is 0 Å². The van der Waals surface area contributed by atoms with Crippen LogP contribution in [0.3, 0.4) is 0 Å². The predicted octanol–water partition coefficient (Wildman–Crippen LogP) is 3.28. The summed E-state index contributed by atoms with van der Waals surface area (Å²) < 4.78 is 5.58. The highest BCUT2D eigenvalue weighted by Gasteiger charge is 2.12. The molecule has 0 aliphatic rings.